The first-order valence-corrected chi connectivity index (χ1v) is 10.4. The van der Waals surface area contributed by atoms with Crippen molar-refractivity contribution >= 4 is 20.0 Å². The molecule has 3 heterocycles. The standard InChI is InChI=1S/C17H18FN2O8PS/c1-9-6-20(16(23)19-14(9)30)15-12(21)13(22)17(18,27-15)8-26-29(24)25-7-10-4-2-3-5-11(10)28-29/h2-6,12-13,15,21-22H,7-8H2,1H3,(H,19,23,30)/t12-,13+,15-,17-,29?/m1/s1/i8D2,15D. The van der Waals surface area contributed by atoms with Crippen LogP contribution in [0.1, 0.15) is 21.4 Å². The predicted octanol–water partition coefficient (Wildman–Crippen LogP) is 1.86. The number of benzene rings is 1. The van der Waals surface area contributed by atoms with Gasteiger partial charge in [0.05, 0.1) is 10.7 Å². The molecule has 30 heavy (non-hydrogen) atoms. The van der Waals surface area contributed by atoms with Crippen molar-refractivity contribution in [1.82, 2.24) is 9.55 Å². The van der Waals surface area contributed by atoms with E-state index in [1.165, 1.54) is 13.0 Å². The molecule has 0 amide bonds. The number of aromatic amines is 1. The second kappa shape index (κ2) is 7.65. The highest BCUT2D eigenvalue weighted by atomic mass is 32.1. The topological polar surface area (TPSA) is 132 Å². The van der Waals surface area contributed by atoms with E-state index in [1.807, 2.05) is 0 Å². The lowest BCUT2D eigenvalue weighted by atomic mass is 10.1. The molecule has 2 aliphatic heterocycles. The zero-order valence-electron chi connectivity index (χ0n) is 18.3. The summed E-state index contributed by atoms with van der Waals surface area (Å²) in [6, 6.07) is 6.18. The number of phosphoric ester groups is 1. The lowest BCUT2D eigenvalue weighted by Gasteiger charge is -2.28. The number of fused-ring (bicyclic) bond motifs is 1. The Morgan fingerprint density at radius 1 is 1.53 bits per heavy atom. The van der Waals surface area contributed by atoms with Crippen LogP contribution in [0.3, 0.4) is 0 Å². The van der Waals surface area contributed by atoms with Crippen LogP contribution in [0.15, 0.2) is 35.3 Å². The molecular weight excluding hydrogens is 442 g/mol. The Balaban J connectivity index is 1.68. The number of rotatable bonds is 4. The first-order chi connectivity index (χ1) is 15.2. The second-order valence-corrected chi connectivity index (χ2v) is 8.46. The molecule has 1 unspecified atom stereocenters. The number of alkyl halides is 1. The normalized spacial score (nSPS) is 37.5. The van der Waals surface area contributed by atoms with Crippen LogP contribution in [0.4, 0.5) is 4.39 Å². The molecule has 1 aromatic carbocycles. The Kier molecular flexibility index (Phi) is 4.52. The van der Waals surface area contributed by atoms with Crippen LogP contribution < -0.4 is 10.2 Å². The van der Waals surface area contributed by atoms with Gasteiger partial charge in [-0.25, -0.2) is 13.8 Å². The number of ether oxygens (including phenoxy) is 1. The minimum absolute atomic E-state index is 0.00281. The third-order valence-electron chi connectivity index (χ3n) is 4.40. The summed E-state index contributed by atoms with van der Waals surface area (Å²) in [5, 5.41) is 20.7. The second-order valence-electron chi connectivity index (χ2n) is 6.53. The van der Waals surface area contributed by atoms with E-state index in [0.717, 1.165) is 6.20 Å². The third-order valence-corrected chi connectivity index (χ3v) is 6.01. The van der Waals surface area contributed by atoms with Crippen molar-refractivity contribution in [2.45, 2.75) is 37.8 Å². The minimum atomic E-state index is -4.78. The average Bonchev–Trinajstić information content (AvgIpc) is 2.91. The molecule has 5 atom stereocenters. The van der Waals surface area contributed by atoms with E-state index in [1.54, 1.807) is 18.2 Å². The van der Waals surface area contributed by atoms with E-state index < -0.39 is 44.3 Å². The molecule has 1 saturated heterocycles. The van der Waals surface area contributed by atoms with Gasteiger partial charge in [0.15, 0.2) is 6.20 Å². The zero-order valence-corrected chi connectivity index (χ0v) is 17.0. The van der Waals surface area contributed by atoms with Crippen molar-refractivity contribution in [3.05, 3.63) is 56.7 Å². The molecule has 4 rings (SSSR count). The van der Waals surface area contributed by atoms with Gasteiger partial charge in [0.25, 0.3) is 5.85 Å². The first-order valence-electron chi connectivity index (χ1n) is 10.0. The number of H-pyrrole nitrogens is 1. The van der Waals surface area contributed by atoms with Gasteiger partial charge in [-0.3, -0.25) is 18.6 Å². The Bertz CT molecular complexity index is 1280. The van der Waals surface area contributed by atoms with Gasteiger partial charge in [-0.2, -0.15) is 0 Å². The summed E-state index contributed by atoms with van der Waals surface area (Å²) < 4.78 is 73.0. The van der Waals surface area contributed by atoms with Crippen LogP contribution in [-0.4, -0.2) is 44.4 Å². The molecule has 1 aromatic heterocycles. The smallest absolute Gasteiger partial charge is 0.404 e. The summed E-state index contributed by atoms with van der Waals surface area (Å²) in [6.07, 6.45) is -7.33. The quantitative estimate of drug-likeness (QED) is 0.459. The van der Waals surface area contributed by atoms with E-state index in [0.29, 0.717) is 10.1 Å². The van der Waals surface area contributed by atoms with Crippen molar-refractivity contribution in [1.29, 1.82) is 0 Å². The van der Waals surface area contributed by atoms with Gasteiger partial charge >= 0.3 is 13.5 Å². The van der Waals surface area contributed by atoms with Crippen molar-refractivity contribution in [3.8, 4) is 5.75 Å². The Hall–Kier alpha value is -1.92. The highest BCUT2D eigenvalue weighted by Gasteiger charge is 2.57. The van der Waals surface area contributed by atoms with Crippen LogP contribution in [0.5, 0.6) is 5.75 Å². The number of halogens is 1. The highest BCUT2D eigenvalue weighted by molar-refractivity contribution is 7.71. The number of nitrogens with one attached hydrogen (secondary N) is 1. The molecule has 162 valence electrons. The predicted molar refractivity (Wildman–Crippen MR) is 102 cm³/mol. The summed E-state index contributed by atoms with van der Waals surface area (Å²) in [4.78, 5) is 14.5. The van der Waals surface area contributed by atoms with Crippen molar-refractivity contribution < 1.29 is 41.6 Å². The molecule has 0 aliphatic carbocycles. The van der Waals surface area contributed by atoms with E-state index >= 15 is 4.39 Å². The zero-order chi connectivity index (χ0) is 24.4. The molecule has 0 radical (unpaired) electrons. The summed E-state index contributed by atoms with van der Waals surface area (Å²) >= 11 is 4.90. The number of hydrogen-bond acceptors (Lipinski definition) is 9. The van der Waals surface area contributed by atoms with E-state index in [4.69, 9.17) is 34.6 Å². The molecule has 3 N–H and O–H groups in total. The first kappa shape index (κ1) is 17.7. The van der Waals surface area contributed by atoms with E-state index in [2.05, 4.69) is 4.98 Å². The maximum atomic E-state index is 15.8. The summed E-state index contributed by atoms with van der Waals surface area (Å²) in [7, 11) is -4.78. The number of aromatic nitrogens is 2. The monoisotopic (exact) mass is 463 g/mol. The van der Waals surface area contributed by atoms with Gasteiger partial charge < -0.3 is 19.5 Å². The third kappa shape index (κ3) is 3.76. The molecule has 1 fully saturated rings. The minimum Gasteiger partial charge on any atom is -0.404 e. The molecule has 2 aromatic rings. The summed E-state index contributed by atoms with van der Waals surface area (Å²) in [5.74, 6) is -3.95. The van der Waals surface area contributed by atoms with Gasteiger partial charge in [0.1, 0.15) is 29.2 Å². The fourth-order valence-corrected chi connectivity index (χ4v) is 4.02. The maximum absolute atomic E-state index is 15.8. The lowest BCUT2D eigenvalue weighted by Crippen LogP contribution is -2.43. The number of aryl methyl sites for hydroxylation is 1. The van der Waals surface area contributed by atoms with Crippen LogP contribution in [0.25, 0.3) is 0 Å². The van der Waals surface area contributed by atoms with Crippen molar-refractivity contribution in [2.24, 2.45) is 0 Å². The average molecular weight is 463 g/mol. The molecule has 13 heteroatoms. The lowest BCUT2D eigenvalue weighted by molar-refractivity contribution is -0.205. The Morgan fingerprint density at radius 3 is 3.03 bits per heavy atom. The fraction of sp³-hybridized carbons (Fsp3) is 0.412. The molecule has 10 nitrogen and oxygen atoms in total. The fourth-order valence-electron chi connectivity index (χ4n) is 2.79. The van der Waals surface area contributed by atoms with Gasteiger partial charge in [0.2, 0.25) is 0 Å². The number of para-hydroxylation sites is 1. The Morgan fingerprint density at radius 2 is 2.27 bits per heavy atom. The van der Waals surface area contributed by atoms with Crippen LogP contribution >= 0.6 is 20.0 Å². The maximum Gasteiger partial charge on any atom is 0.530 e. The number of nitrogens with zero attached hydrogens (tertiary/aromatic N) is 1. The number of aliphatic hydroxyl groups excluding tert-OH is 2. The summed E-state index contributed by atoms with van der Waals surface area (Å²) in [6.45, 7) is -2.66. The van der Waals surface area contributed by atoms with Gasteiger partial charge in [-0.05, 0) is 13.0 Å². The Labute approximate surface area is 178 Å². The number of hydrogen-bond donors (Lipinski definition) is 3. The van der Waals surface area contributed by atoms with Crippen LogP contribution in [0.2, 0.25) is 0 Å². The number of aliphatic hydroxyl groups is 2. The number of phosphoric acid groups is 1. The van der Waals surface area contributed by atoms with Crippen LogP contribution in [0, 0.1) is 11.6 Å². The van der Waals surface area contributed by atoms with Crippen molar-refractivity contribution in [3.63, 3.8) is 0 Å². The highest BCUT2D eigenvalue weighted by Crippen LogP contribution is 2.55. The van der Waals surface area contributed by atoms with Crippen LogP contribution in [-0.2, 0) is 25.0 Å². The molecule has 0 spiro atoms. The summed E-state index contributed by atoms with van der Waals surface area (Å²) in [5.41, 5.74) is -0.387. The van der Waals surface area contributed by atoms with E-state index in [-0.39, 0.29) is 22.6 Å². The molecular formula is C17H18FN2O8PS. The molecule has 2 aliphatic rings. The molecule has 0 bridgehead atoms. The largest absolute Gasteiger partial charge is 0.530 e. The van der Waals surface area contributed by atoms with E-state index in [9.17, 15) is 19.6 Å². The SMILES string of the molecule is [2H]C([2H])(OP1(=O)OCc2ccccc2O1)[C@@]1(F)O[C@@]([2H])(n2cc(C)c(=S)[nH]c2=O)[C@H](O)[C@@H]1O. The van der Waals surface area contributed by atoms with Gasteiger partial charge in [0, 0.05) is 17.3 Å². The van der Waals surface area contributed by atoms with Gasteiger partial charge in [-0.15, -0.1) is 0 Å². The molecule has 0 saturated carbocycles. The van der Waals surface area contributed by atoms with Crippen molar-refractivity contribution in [2.75, 3.05) is 6.56 Å². The van der Waals surface area contributed by atoms with Gasteiger partial charge in [-0.1, -0.05) is 30.4 Å².